The van der Waals surface area contributed by atoms with E-state index in [1.807, 2.05) is 0 Å². The second-order valence-corrected chi connectivity index (χ2v) is 5.68. The summed E-state index contributed by atoms with van der Waals surface area (Å²) in [6, 6.07) is 0.320. The molecule has 4 nitrogen and oxygen atoms in total. The van der Waals surface area contributed by atoms with Crippen LogP contribution in [0, 0.1) is 5.92 Å². The van der Waals surface area contributed by atoms with Crippen LogP contribution in [-0.4, -0.2) is 43.8 Å². The molecule has 3 N–H and O–H groups in total. The summed E-state index contributed by atoms with van der Waals surface area (Å²) in [4.78, 5) is 2.33. The van der Waals surface area contributed by atoms with Gasteiger partial charge in [0.25, 0.3) is 0 Å². The second-order valence-electron chi connectivity index (χ2n) is 5.68. The Morgan fingerprint density at radius 3 is 2.76 bits per heavy atom. The van der Waals surface area contributed by atoms with Gasteiger partial charge in [0, 0.05) is 19.1 Å². The Balaban J connectivity index is 1.82. The first-order valence-electron chi connectivity index (χ1n) is 7.06. The molecular weight excluding hydrogens is 214 g/mol. The standard InChI is InChI=1S/C13H27N3O/c1-16-7-8-17-13(10-16)12(15-14)9-11-5-3-2-4-6-11/h11-13,15H,2-10,14H2,1H3. The van der Waals surface area contributed by atoms with Crippen LogP contribution in [0.15, 0.2) is 0 Å². The molecule has 2 rings (SSSR count). The molecule has 2 atom stereocenters. The molecular formula is C13H27N3O. The molecule has 2 fully saturated rings. The maximum atomic E-state index is 5.86. The number of hydrazine groups is 1. The molecule has 2 unspecified atom stereocenters. The highest BCUT2D eigenvalue weighted by Gasteiger charge is 2.28. The van der Waals surface area contributed by atoms with Crippen molar-refractivity contribution in [3.05, 3.63) is 0 Å². The number of nitrogens with zero attached hydrogens (tertiary/aromatic N) is 1. The van der Waals surface area contributed by atoms with Crippen LogP contribution in [0.5, 0.6) is 0 Å². The van der Waals surface area contributed by atoms with Crippen LogP contribution < -0.4 is 11.3 Å². The maximum absolute atomic E-state index is 5.86. The quantitative estimate of drug-likeness (QED) is 0.572. The topological polar surface area (TPSA) is 50.5 Å². The van der Waals surface area contributed by atoms with E-state index in [9.17, 15) is 0 Å². The fourth-order valence-corrected chi connectivity index (χ4v) is 3.16. The lowest BCUT2D eigenvalue weighted by Crippen LogP contribution is -2.53. The van der Waals surface area contributed by atoms with E-state index in [2.05, 4.69) is 17.4 Å². The summed E-state index contributed by atoms with van der Waals surface area (Å²) < 4.78 is 5.86. The van der Waals surface area contributed by atoms with Crippen molar-refractivity contribution in [2.24, 2.45) is 11.8 Å². The third kappa shape index (κ3) is 3.91. The number of likely N-dealkylation sites (N-methyl/N-ethyl adjacent to an activating group) is 1. The summed E-state index contributed by atoms with van der Waals surface area (Å²) in [7, 11) is 2.16. The van der Waals surface area contributed by atoms with Crippen molar-refractivity contribution >= 4 is 0 Å². The summed E-state index contributed by atoms with van der Waals surface area (Å²) in [5.41, 5.74) is 2.99. The van der Waals surface area contributed by atoms with Crippen LogP contribution in [-0.2, 0) is 4.74 Å². The fourth-order valence-electron chi connectivity index (χ4n) is 3.16. The Hall–Kier alpha value is -0.160. The minimum atomic E-state index is 0.265. The Kier molecular flexibility index (Phi) is 5.22. The summed E-state index contributed by atoms with van der Waals surface area (Å²) >= 11 is 0. The summed E-state index contributed by atoms with van der Waals surface area (Å²) in [5, 5.41) is 0. The molecule has 0 aromatic carbocycles. The molecule has 0 aromatic rings. The predicted molar refractivity (Wildman–Crippen MR) is 69.5 cm³/mol. The lowest BCUT2D eigenvalue weighted by molar-refractivity contribution is -0.0432. The van der Waals surface area contributed by atoms with Gasteiger partial charge in [0.1, 0.15) is 0 Å². The first kappa shape index (κ1) is 13.3. The van der Waals surface area contributed by atoms with Crippen LogP contribution in [0.3, 0.4) is 0 Å². The van der Waals surface area contributed by atoms with Crippen molar-refractivity contribution in [2.45, 2.75) is 50.7 Å². The molecule has 1 heterocycles. The molecule has 100 valence electrons. The Bertz CT molecular complexity index is 219. The number of nitrogens with one attached hydrogen (secondary N) is 1. The van der Waals surface area contributed by atoms with E-state index in [4.69, 9.17) is 10.6 Å². The van der Waals surface area contributed by atoms with Gasteiger partial charge in [-0.25, -0.2) is 0 Å². The van der Waals surface area contributed by atoms with Crippen molar-refractivity contribution in [1.29, 1.82) is 0 Å². The highest BCUT2D eigenvalue weighted by Crippen LogP contribution is 2.28. The van der Waals surface area contributed by atoms with E-state index in [0.717, 1.165) is 25.6 Å². The first-order chi connectivity index (χ1) is 8.29. The highest BCUT2D eigenvalue weighted by atomic mass is 16.5. The first-order valence-corrected chi connectivity index (χ1v) is 7.06. The SMILES string of the molecule is CN1CCOC(C(CC2CCCCC2)NN)C1. The zero-order chi connectivity index (χ0) is 12.1. The maximum Gasteiger partial charge on any atom is 0.0868 e. The summed E-state index contributed by atoms with van der Waals surface area (Å²) in [6.07, 6.45) is 8.40. The molecule has 2 aliphatic rings. The van der Waals surface area contributed by atoms with Gasteiger partial charge in [-0.3, -0.25) is 11.3 Å². The Labute approximate surface area is 105 Å². The zero-order valence-corrected chi connectivity index (χ0v) is 11.0. The van der Waals surface area contributed by atoms with Gasteiger partial charge in [-0.05, 0) is 19.4 Å². The van der Waals surface area contributed by atoms with Gasteiger partial charge in [0.2, 0.25) is 0 Å². The van der Waals surface area contributed by atoms with E-state index in [1.165, 1.54) is 38.5 Å². The van der Waals surface area contributed by atoms with Crippen molar-refractivity contribution in [3.63, 3.8) is 0 Å². The van der Waals surface area contributed by atoms with E-state index >= 15 is 0 Å². The molecule has 0 aromatic heterocycles. The van der Waals surface area contributed by atoms with Crippen LogP contribution in [0.4, 0.5) is 0 Å². The van der Waals surface area contributed by atoms with E-state index in [0.29, 0.717) is 6.04 Å². The lowest BCUT2D eigenvalue weighted by atomic mass is 9.83. The molecule has 1 aliphatic carbocycles. The minimum absolute atomic E-state index is 0.265. The average molecular weight is 241 g/mol. The third-order valence-corrected chi connectivity index (χ3v) is 4.27. The molecule has 0 bridgehead atoms. The molecule has 0 spiro atoms. The molecule has 17 heavy (non-hydrogen) atoms. The number of hydrogen-bond acceptors (Lipinski definition) is 4. The number of rotatable bonds is 4. The van der Waals surface area contributed by atoms with Gasteiger partial charge in [0.05, 0.1) is 12.7 Å². The van der Waals surface area contributed by atoms with Crippen LogP contribution in [0.1, 0.15) is 38.5 Å². The van der Waals surface area contributed by atoms with Gasteiger partial charge in [-0.1, -0.05) is 32.1 Å². The highest BCUT2D eigenvalue weighted by molar-refractivity contribution is 4.83. The number of ether oxygens (including phenoxy) is 1. The number of nitrogens with two attached hydrogens (primary N) is 1. The monoisotopic (exact) mass is 241 g/mol. The van der Waals surface area contributed by atoms with Gasteiger partial charge in [-0.15, -0.1) is 0 Å². The predicted octanol–water partition coefficient (Wildman–Crippen LogP) is 1.12. The summed E-state index contributed by atoms with van der Waals surface area (Å²) in [5.74, 6) is 6.57. The van der Waals surface area contributed by atoms with E-state index in [1.54, 1.807) is 0 Å². The van der Waals surface area contributed by atoms with Crippen molar-refractivity contribution < 1.29 is 4.74 Å². The van der Waals surface area contributed by atoms with Crippen LogP contribution >= 0.6 is 0 Å². The third-order valence-electron chi connectivity index (χ3n) is 4.27. The van der Waals surface area contributed by atoms with Crippen LogP contribution in [0.25, 0.3) is 0 Å². The summed E-state index contributed by atoms with van der Waals surface area (Å²) in [6.45, 7) is 2.88. The van der Waals surface area contributed by atoms with Gasteiger partial charge >= 0.3 is 0 Å². The van der Waals surface area contributed by atoms with Gasteiger partial charge in [-0.2, -0.15) is 0 Å². The zero-order valence-electron chi connectivity index (χ0n) is 11.0. The molecule has 0 amide bonds. The van der Waals surface area contributed by atoms with Crippen molar-refractivity contribution in [1.82, 2.24) is 10.3 Å². The van der Waals surface area contributed by atoms with E-state index in [-0.39, 0.29) is 6.10 Å². The lowest BCUT2D eigenvalue weighted by Gasteiger charge is -2.36. The Morgan fingerprint density at radius 2 is 2.12 bits per heavy atom. The van der Waals surface area contributed by atoms with Crippen LogP contribution in [0.2, 0.25) is 0 Å². The normalized spacial score (nSPS) is 30.4. The van der Waals surface area contributed by atoms with Gasteiger partial charge < -0.3 is 9.64 Å². The van der Waals surface area contributed by atoms with Crippen molar-refractivity contribution in [3.8, 4) is 0 Å². The molecule has 1 saturated heterocycles. The molecule has 4 heteroatoms. The Morgan fingerprint density at radius 1 is 1.35 bits per heavy atom. The molecule has 1 saturated carbocycles. The molecule has 0 radical (unpaired) electrons. The molecule has 1 aliphatic heterocycles. The smallest absolute Gasteiger partial charge is 0.0868 e. The van der Waals surface area contributed by atoms with Gasteiger partial charge in [0.15, 0.2) is 0 Å². The largest absolute Gasteiger partial charge is 0.374 e. The number of morpholine rings is 1. The van der Waals surface area contributed by atoms with E-state index < -0.39 is 0 Å². The minimum Gasteiger partial charge on any atom is -0.374 e. The fraction of sp³-hybridized carbons (Fsp3) is 1.00. The second kappa shape index (κ2) is 6.69. The average Bonchev–Trinajstić information content (AvgIpc) is 2.37. The van der Waals surface area contributed by atoms with Crippen molar-refractivity contribution in [2.75, 3.05) is 26.7 Å². The number of hydrogen-bond donors (Lipinski definition) is 2.